The average molecular weight is 311 g/mol. The second kappa shape index (κ2) is 5.63. The lowest BCUT2D eigenvalue weighted by Crippen LogP contribution is -2.40. The van der Waals surface area contributed by atoms with E-state index >= 15 is 0 Å². The van der Waals surface area contributed by atoms with E-state index in [1.54, 1.807) is 0 Å². The zero-order valence-electron chi connectivity index (χ0n) is 14.4. The molecule has 1 aliphatic carbocycles. The van der Waals surface area contributed by atoms with E-state index in [0.717, 1.165) is 23.3 Å². The summed E-state index contributed by atoms with van der Waals surface area (Å²) in [6.45, 7) is 8.50. The summed E-state index contributed by atoms with van der Waals surface area (Å²) in [5.41, 5.74) is 3.96. The Morgan fingerprint density at radius 2 is 1.74 bits per heavy atom. The van der Waals surface area contributed by atoms with Crippen LogP contribution in [0.2, 0.25) is 0 Å². The van der Waals surface area contributed by atoms with Gasteiger partial charge in [0.25, 0.3) is 0 Å². The lowest BCUT2D eigenvalue weighted by Gasteiger charge is -2.37. The van der Waals surface area contributed by atoms with Crippen molar-refractivity contribution >= 4 is 11.7 Å². The Kier molecular flexibility index (Phi) is 3.91. The van der Waals surface area contributed by atoms with Crippen LogP contribution in [0.15, 0.2) is 35.5 Å². The van der Waals surface area contributed by atoms with Gasteiger partial charge in [0.1, 0.15) is 0 Å². The first-order valence-electron chi connectivity index (χ1n) is 8.43. The molecule has 1 aliphatic heterocycles. The van der Waals surface area contributed by atoms with Crippen LogP contribution in [-0.4, -0.2) is 11.7 Å². The molecule has 0 saturated carbocycles. The van der Waals surface area contributed by atoms with Crippen molar-refractivity contribution in [3.63, 3.8) is 0 Å². The number of nitrogens with one attached hydrogen (secondary N) is 1. The van der Waals surface area contributed by atoms with E-state index in [-0.39, 0.29) is 23.0 Å². The molecule has 1 unspecified atom stereocenters. The zero-order valence-corrected chi connectivity index (χ0v) is 14.4. The van der Waals surface area contributed by atoms with Crippen molar-refractivity contribution in [1.29, 1.82) is 0 Å². The summed E-state index contributed by atoms with van der Waals surface area (Å²) in [4.78, 5) is 24.8. The van der Waals surface area contributed by atoms with Crippen LogP contribution in [0.3, 0.4) is 0 Å². The van der Waals surface area contributed by atoms with E-state index in [1.807, 2.05) is 0 Å². The number of Topliss-reactive ketones (excluding diaryl/α,β-unsaturated/α-hetero) is 1. The summed E-state index contributed by atoms with van der Waals surface area (Å²) >= 11 is 0. The Morgan fingerprint density at radius 3 is 2.35 bits per heavy atom. The summed E-state index contributed by atoms with van der Waals surface area (Å²) in [6.07, 6.45) is 1.69. The van der Waals surface area contributed by atoms with Crippen LogP contribution in [0.4, 0.5) is 0 Å². The largest absolute Gasteiger partial charge is 0.329 e. The number of ketones is 1. The molecule has 3 heteroatoms. The average Bonchev–Trinajstić information content (AvgIpc) is 2.44. The fourth-order valence-corrected chi connectivity index (χ4v) is 3.76. The van der Waals surface area contributed by atoms with Gasteiger partial charge in [-0.25, -0.2) is 0 Å². The maximum atomic E-state index is 12.7. The normalized spacial score (nSPS) is 23.8. The molecule has 1 N–H and O–H groups in total. The van der Waals surface area contributed by atoms with E-state index < -0.39 is 0 Å². The number of allylic oxidation sites excluding steroid dienone is 2. The summed E-state index contributed by atoms with van der Waals surface area (Å²) in [5, 5.41) is 2.95. The number of hydrogen-bond donors (Lipinski definition) is 1. The van der Waals surface area contributed by atoms with E-state index in [4.69, 9.17) is 0 Å². The highest BCUT2D eigenvalue weighted by atomic mass is 16.2. The van der Waals surface area contributed by atoms with Gasteiger partial charge in [0.2, 0.25) is 5.91 Å². The van der Waals surface area contributed by atoms with Crippen LogP contribution < -0.4 is 5.32 Å². The highest BCUT2D eigenvalue weighted by Gasteiger charge is 2.40. The number of carbonyl (C=O) groups is 2. The molecule has 0 fully saturated rings. The SMILES string of the molecule is CC(C)c1ccc(C2CC(=O)NC3=C2C(=O)CC(C)(C)C3)cc1. The van der Waals surface area contributed by atoms with Gasteiger partial charge >= 0.3 is 0 Å². The Hall–Kier alpha value is -1.90. The van der Waals surface area contributed by atoms with Crippen molar-refractivity contribution in [2.24, 2.45) is 5.41 Å². The molecule has 2 aliphatic rings. The van der Waals surface area contributed by atoms with E-state index in [1.165, 1.54) is 5.56 Å². The molecule has 1 aromatic carbocycles. The number of rotatable bonds is 2. The van der Waals surface area contributed by atoms with Crippen LogP contribution in [0, 0.1) is 5.41 Å². The molecule has 1 atom stereocenters. The van der Waals surface area contributed by atoms with Crippen molar-refractivity contribution in [3.8, 4) is 0 Å². The monoisotopic (exact) mass is 311 g/mol. The Morgan fingerprint density at radius 1 is 1.09 bits per heavy atom. The predicted octanol–water partition coefficient (Wildman–Crippen LogP) is 4.06. The minimum atomic E-state index is -0.0939. The second-order valence-electron chi connectivity index (χ2n) is 7.96. The Bertz CT molecular complexity index is 680. The fourth-order valence-electron chi connectivity index (χ4n) is 3.76. The second-order valence-corrected chi connectivity index (χ2v) is 7.96. The van der Waals surface area contributed by atoms with Crippen molar-refractivity contribution in [2.75, 3.05) is 0 Å². The van der Waals surface area contributed by atoms with Crippen molar-refractivity contribution in [3.05, 3.63) is 46.7 Å². The standard InChI is InChI=1S/C20H25NO2/c1-12(2)13-5-7-14(8-6-13)15-9-18(23)21-16-10-20(3,4)11-17(22)19(15)16/h5-8,12,15H,9-11H2,1-4H3,(H,21,23). The maximum Gasteiger partial charge on any atom is 0.225 e. The summed E-state index contributed by atoms with van der Waals surface area (Å²) < 4.78 is 0. The van der Waals surface area contributed by atoms with E-state index in [9.17, 15) is 9.59 Å². The first-order valence-corrected chi connectivity index (χ1v) is 8.43. The van der Waals surface area contributed by atoms with E-state index in [2.05, 4.69) is 57.3 Å². The molecule has 1 aromatic rings. The van der Waals surface area contributed by atoms with Gasteiger partial charge in [-0.15, -0.1) is 0 Å². The lowest BCUT2D eigenvalue weighted by molar-refractivity contribution is -0.122. The van der Waals surface area contributed by atoms with Gasteiger partial charge in [-0.05, 0) is 28.9 Å². The molecule has 122 valence electrons. The van der Waals surface area contributed by atoms with Gasteiger partial charge in [0.05, 0.1) is 0 Å². The van der Waals surface area contributed by atoms with Gasteiger partial charge in [-0.2, -0.15) is 0 Å². The minimum Gasteiger partial charge on any atom is -0.329 e. The number of amides is 1. The van der Waals surface area contributed by atoms with Crippen LogP contribution in [0.25, 0.3) is 0 Å². The number of benzene rings is 1. The van der Waals surface area contributed by atoms with Gasteiger partial charge in [0.15, 0.2) is 5.78 Å². The molecule has 3 nitrogen and oxygen atoms in total. The molecule has 23 heavy (non-hydrogen) atoms. The quantitative estimate of drug-likeness (QED) is 0.895. The molecule has 0 spiro atoms. The third-order valence-electron chi connectivity index (χ3n) is 4.95. The van der Waals surface area contributed by atoms with Gasteiger partial charge in [0, 0.05) is 30.0 Å². The molecular weight excluding hydrogens is 286 g/mol. The topological polar surface area (TPSA) is 46.2 Å². The van der Waals surface area contributed by atoms with Crippen LogP contribution >= 0.6 is 0 Å². The summed E-state index contributed by atoms with van der Waals surface area (Å²) in [6, 6.07) is 8.39. The van der Waals surface area contributed by atoms with Crippen LogP contribution in [0.1, 0.15) is 69.9 Å². The molecule has 0 bridgehead atoms. The molecule has 0 aromatic heterocycles. The van der Waals surface area contributed by atoms with Gasteiger partial charge < -0.3 is 5.32 Å². The highest BCUT2D eigenvalue weighted by Crippen LogP contribution is 2.43. The zero-order chi connectivity index (χ0) is 16.8. The minimum absolute atomic E-state index is 0.0205. The number of hydrogen-bond acceptors (Lipinski definition) is 2. The molecule has 0 saturated heterocycles. The van der Waals surface area contributed by atoms with Gasteiger partial charge in [-0.3, -0.25) is 9.59 Å². The molecular formula is C20H25NO2. The fraction of sp³-hybridized carbons (Fsp3) is 0.500. The molecule has 1 heterocycles. The predicted molar refractivity (Wildman–Crippen MR) is 91.1 cm³/mol. The van der Waals surface area contributed by atoms with E-state index in [0.29, 0.717) is 18.8 Å². The third-order valence-corrected chi connectivity index (χ3v) is 4.95. The van der Waals surface area contributed by atoms with Gasteiger partial charge in [-0.1, -0.05) is 52.0 Å². The van der Waals surface area contributed by atoms with Crippen molar-refractivity contribution in [1.82, 2.24) is 5.32 Å². The first-order chi connectivity index (χ1) is 10.8. The number of carbonyl (C=O) groups excluding carboxylic acids is 2. The molecule has 3 rings (SSSR count). The Labute approximate surface area is 138 Å². The third kappa shape index (κ3) is 3.10. The van der Waals surface area contributed by atoms with Crippen LogP contribution in [-0.2, 0) is 9.59 Å². The van der Waals surface area contributed by atoms with Crippen LogP contribution in [0.5, 0.6) is 0 Å². The van der Waals surface area contributed by atoms with Crippen molar-refractivity contribution < 1.29 is 9.59 Å². The first kappa shape index (κ1) is 16.0. The smallest absolute Gasteiger partial charge is 0.225 e. The Balaban J connectivity index is 2.01. The molecule has 1 amide bonds. The van der Waals surface area contributed by atoms with Crippen molar-refractivity contribution in [2.45, 2.75) is 58.8 Å². The lowest BCUT2D eigenvalue weighted by atomic mass is 9.70. The summed E-state index contributed by atoms with van der Waals surface area (Å²) in [7, 11) is 0. The molecule has 0 radical (unpaired) electrons. The highest BCUT2D eigenvalue weighted by molar-refractivity contribution is 6.02. The maximum absolute atomic E-state index is 12.7. The summed E-state index contributed by atoms with van der Waals surface area (Å²) in [5.74, 6) is 0.593.